The normalized spacial score (nSPS) is 13.8. The molecule has 0 atom stereocenters. The summed E-state index contributed by atoms with van der Waals surface area (Å²) in [6, 6.07) is 13.6. The van der Waals surface area contributed by atoms with Gasteiger partial charge in [0.25, 0.3) is 5.91 Å². The van der Waals surface area contributed by atoms with Crippen molar-refractivity contribution in [1.29, 1.82) is 0 Å². The fraction of sp³-hybridized carbons (Fsp3) is 0.269. The summed E-state index contributed by atoms with van der Waals surface area (Å²) in [6.45, 7) is 6.58. The fourth-order valence-electron chi connectivity index (χ4n) is 4.10. The van der Waals surface area contributed by atoms with E-state index in [1.807, 2.05) is 36.1 Å². The minimum atomic E-state index is -1.01. The first-order chi connectivity index (χ1) is 15.2. The summed E-state index contributed by atoms with van der Waals surface area (Å²) in [4.78, 5) is 23.0. The lowest BCUT2D eigenvalue weighted by molar-refractivity contribution is 0.0764. The van der Waals surface area contributed by atoms with E-state index in [2.05, 4.69) is 16.0 Å². The van der Waals surface area contributed by atoms with Crippen LogP contribution in [0.15, 0.2) is 53.7 Å². The van der Waals surface area contributed by atoms with Gasteiger partial charge >= 0.3 is 0 Å². The zero-order valence-corrected chi connectivity index (χ0v) is 18.9. The molecule has 0 unspecified atom stereocenters. The smallest absolute Gasteiger partial charge is 0.256 e. The predicted molar refractivity (Wildman–Crippen MR) is 128 cm³/mol. The Hall–Kier alpha value is -3.51. The monoisotopic (exact) mass is 428 g/mol. The molecule has 3 N–H and O–H groups in total. The number of aryl methyl sites for hydroxylation is 1. The molecular weight excluding hydrogens is 400 g/mol. The number of fused-ring (bicyclic) bond motifs is 1. The van der Waals surface area contributed by atoms with Gasteiger partial charge in [0.1, 0.15) is 0 Å². The number of aliphatic imine (C=N–C) groups is 1. The van der Waals surface area contributed by atoms with Crippen molar-refractivity contribution in [3.63, 3.8) is 0 Å². The molecule has 1 aliphatic heterocycles. The van der Waals surface area contributed by atoms with Crippen LogP contribution in [0.1, 0.15) is 52.2 Å². The van der Waals surface area contributed by atoms with E-state index < -0.39 is 5.60 Å². The van der Waals surface area contributed by atoms with Gasteiger partial charge in [-0.25, -0.2) is 0 Å². The SMILES string of the molecule is CN=Cc1c(N)cc(C(C)(C)O)cc1-c1ccc(CN2Cc3ncccc3C2=O)c(C)c1. The maximum absolute atomic E-state index is 12.7. The van der Waals surface area contributed by atoms with Crippen LogP contribution in [0.5, 0.6) is 0 Å². The van der Waals surface area contributed by atoms with Crippen molar-refractivity contribution < 1.29 is 9.90 Å². The Kier molecular flexibility index (Phi) is 5.57. The van der Waals surface area contributed by atoms with Gasteiger partial charge in [-0.1, -0.05) is 18.2 Å². The number of carbonyl (C=O) groups is 1. The maximum atomic E-state index is 12.7. The molecule has 3 aromatic rings. The van der Waals surface area contributed by atoms with Gasteiger partial charge in [0.2, 0.25) is 0 Å². The van der Waals surface area contributed by atoms with Crippen LogP contribution in [-0.4, -0.2) is 34.2 Å². The molecule has 1 amide bonds. The molecule has 6 heteroatoms. The molecule has 2 heterocycles. The number of hydrogen-bond donors (Lipinski definition) is 2. The Bertz CT molecular complexity index is 1220. The highest BCUT2D eigenvalue weighted by Gasteiger charge is 2.28. The fourth-order valence-corrected chi connectivity index (χ4v) is 4.10. The lowest BCUT2D eigenvalue weighted by Crippen LogP contribution is -2.23. The van der Waals surface area contributed by atoms with Crippen LogP contribution in [0.25, 0.3) is 11.1 Å². The molecule has 2 aromatic carbocycles. The van der Waals surface area contributed by atoms with E-state index in [0.717, 1.165) is 39.1 Å². The number of nitrogens with two attached hydrogens (primary N) is 1. The first kappa shape index (κ1) is 21.7. The van der Waals surface area contributed by atoms with Gasteiger partial charge in [0.05, 0.1) is 23.4 Å². The Labute approximate surface area is 188 Å². The summed E-state index contributed by atoms with van der Waals surface area (Å²) in [6.07, 6.45) is 3.47. The Morgan fingerprint density at radius 3 is 2.66 bits per heavy atom. The molecule has 0 aliphatic carbocycles. The zero-order chi connectivity index (χ0) is 23.0. The van der Waals surface area contributed by atoms with Gasteiger partial charge in [-0.3, -0.25) is 14.8 Å². The lowest BCUT2D eigenvalue weighted by atomic mass is 9.89. The van der Waals surface area contributed by atoms with E-state index in [9.17, 15) is 9.90 Å². The number of anilines is 1. The van der Waals surface area contributed by atoms with E-state index in [4.69, 9.17) is 5.73 Å². The van der Waals surface area contributed by atoms with E-state index in [0.29, 0.717) is 24.3 Å². The van der Waals surface area contributed by atoms with Crippen LogP contribution in [-0.2, 0) is 18.7 Å². The molecule has 32 heavy (non-hydrogen) atoms. The van der Waals surface area contributed by atoms with Crippen LogP contribution < -0.4 is 5.73 Å². The second-order valence-corrected chi connectivity index (χ2v) is 8.77. The van der Waals surface area contributed by atoms with E-state index >= 15 is 0 Å². The molecule has 1 aliphatic rings. The largest absolute Gasteiger partial charge is 0.398 e. The topological polar surface area (TPSA) is 91.8 Å². The van der Waals surface area contributed by atoms with Gasteiger partial charge in [0, 0.05) is 37.3 Å². The summed E-state index contributed by atoms with van der Waals surface area (Å²) in [5, 5.41) is 10.5. The van der Waals surface area contributed by atoms with Gasteiger partial charge < -0.3 is 15.7 Å². The summed E-state index contributed by atoms with van der Waals surface area (Å²) < 4.78 is 0. The number of nitrogens with zero attached hydrogens (tertiary/aromatic N) is 3. The van der Waals surface area contributed by atoms with Crippen LogP contribution in [0.2, 0.25) is 0 Å². The minimum absolute atomic E-state index is 0.0173. The molecule has 0 radical (unpaired) electrons. The van der Waals surface area contributed by atoms with Crippen LogP contribution >= 0.6 is 0 Å². The number of benzene rings is 2. The average Bonchev–Trinajstić information content (AvgIpc) is 3.06. The lowest BCUT2D eigenvalue weighted by Gasteiger charge is -2.22. The number of amides is 1. The van der Waals surface area contributed by atoms with E-state index in [-0.39, 0.29) is 5.91 Å². The van der Waals surface area contributed by atoms with Crippen molar-refractivity contribution in [2.24, 2.45) is 4.99 Å². The zero-order valence-electron chi connectivity index (χ0n) is 18.9. The summed E-state index contributed by atoms with van der Waals surface area (Å²) in [7, 11) is 1.71. The van der Waals surface area contributed by atoms with Gasteiger partial charge in [-0.15, -0.1) is 0 Å². The van der Waals surface area contributed by atoms with Gasteiger partial charge in [-0.2, -0.15) is 0 Å². The average molecular weight is 429 g/mol. The first-order valence-electron chi connectivity index (χ1n) is 10.6. The van der Waals surface area contributed by atoms with Crippen LogP contribution in [0, 0.1) is 6.92 Å². The summed E-state index contributed by atoms with van der Waals surface area (Å²) >= 11 is 0. The summed E-state index contributed by atoms with van der Waals surface area (Å²) in [5.74, 6) is 0.0173. The van der Waals surface area contributed by atoms with Crippen LogP contribution in [0.3, 0.4) is 0 Å². The van der Waals surface area contributed by atoms with Crippen molar-refractivity contribution in [3.05, 3.63) is 82.2 Å². The maximum Gasteiger partial charge on any atom is 0.256 e. The van der Waals surface area contributed by atoms with Crippen molar-refractivity contribution in [2.75, 3.05) is 12.8 Å². The number of nitrogen functional groups attached to an aromatic ring is 1. The highest BCUT2D eigenvalue weighted by Crippen LogP contribution is 2.34. The van der Waals surface area contributed by atoms with Crippen molar-refractivity contribution >= 4 is 17.8 Å². The number of hydrogen-bond acceptors (Lipinski definition) is 5. The van der Waals surface area contributed by atoms with Gasteiger partial charge in [-0.05, 0) is 72.9 Å². The standard InChI is InChI=1S/C26H28N4O2/c1-16-10-17(21-11-19(26(2,3)32)12-23(27)22(21)13-28-4)7-8-18(16)14-30-15-24-20(25(30)31)6-5-9-29-24/h5-13,32H,14-15,27H2,1-4H3. The molecule has 4 rings (SSSR count). The number of carbonyl (C=O) groups excluding carboxylic acids is 1. The molecule has 6 nitrogen and oxygen atoms in total. The highest BCUT2D eigenvalue weighted by molar-refractivity contribution is 5.98. The highest BCUT2D eigenvalue weighted by atomic mass is 16.3. The second kappa shape index (κ2) is 8.20. The molecule has 0 fully saturated rings. The molecule has 0 spiro atoms. The molecule has 0 saturated carbocycles. The Morgan fingerprint density at radius 2 is 2.00 bits per heavy atom. The van der Waals surface area contributed by atoms with Crippen molar-refractivity contribution in [3.8, 4) is 11.1 Å². The van der Waals surface area contributed by atoms with E-state index in [1.165, 1.54) is 0 Å². The number of aromatic nitrogens is 1. The number of rotatable bonds is 5. The second-order valence-electron chi connectivity index (χ2n) is 8.77. The Balaban J connectivity index is 1.68. The van der Waals surface area contributed by atoms with Crippen LogP contribution in [0.4, 0.5) is 5.69 Å². The summed E-state index contributed by atoms with van der Waals surface area (Å²) in [5.41, 5.74) is 13.0. The Morgan fingerprint density at radius 1 is 1.22 bits per heavy atom. The first-order valence-corrected chi connectivity index (χ1v) is 10.6. The van der Waals surface area contributed by atoms with Crippen molar-refractivity contribution in [1.82, 2.24) is 9.88 Å². The minimum Gasteiger partial charge on any atom is -0.398 e. The predicted octanol–water partition coefficient (Wildman–Crippen LogP) is 4.07. The third kappa shape index (κ3) is 4.01. The molecule has 0 saturated heterocycles. The third-order valence-corrected chi connectivity index (χ3v) is 5.94. The van der Waals surface area contributed by atoms with Crippen molar-refractivity contribution in [2.45, 2.75) is 39.5 Å². The molecule has 164 valence electrons. The molecular formula is C26H28N4O2. The number of pyridine rings is 1. The van der Waals surface area contributed by atoms with Gasteiger partial charge in [0.15, 0.2) is 0 Å². The molecule has 0 bridgehead atoms. The number of aliphatic hydroxyl groups is 1. The van der Waals surface area contributed by atoms with E-state index in [1.54, 1.807) is 45.4 Å². The quantitative estimate of drug-likeness (QED) is 0.473. The molecule has 1 aromatic heterocycles. The third-order valence-electron chi connectivity index (χ3n) is 5.94.